The Bertz CT molecular complexity index is 513. The van der Waals surface area contributed by atoms with Gasteiger partial charge in [-0.15, -0.1) is 0 Å². The quantitative estimate of drug-likeness (QED) is 0.737. The van der Waals surface area contributed by atoms with Crippen LogP contribution in [0.25, 0.3) is 0 Å². The summed E-state index contributed by atoms with van der Waals surface area (Å²) in [6.45, 7) is 2.20. The summed E-state index contributed by atoms with van der Waals surface area (Å²) in [5, 5.41) is 13.6. The van der Waals surface area contributed by atoms with Gasteiger partial charge in [0.1, 0.15) is 5.56 Å². The maximum Gasteiger partial charge on any atom is 0.279 e. The molecule has 0 bridgehead atoms. The number of primary amides is 1. The maximum absolute atomic E-state index is 12.0. The van der Waals surface area contributed by atoms with Crippen LogP contribution in [0.2, 0.25) is 0 Å². The Hall–Kier alpha value is -1.73. The number of aliphatic hydroxyl groups excluding tert-OH is 1. The summed E-state index contributed by atoms with van der Waals surface area (Å²) in [5.41, 5.74) is 4.46. The monoisotopic (exact) mass is 253 g/mol. The zero-order valence-corrected chi connectivity index (χ0v) is 9.94. The lowest BCUT2D eigenvalue weighted by Crippen LogP contribution is -2.36. The zero-order valence-electron chi connectivity index (χ0n) is 9.94. The van der Waals surface area contributed by atoms with E-state index in [1.54, 1.807) is 6.92 Å². The normalized spacial score (nSPS) is 25.0. The SMILES string of the molecule is CC(C1CCOC1O)n1nccc(C(N)=O)c1=O. The van der Waals surface area contributed by atoms with E-state index in [1.807, 2.05) is 0 Å². The van der Waals surface area contributed by atoms with Crippen molar-refractivity contribution in [2.75, 3.05) is 6.61 Å². The second kappa shape index (κ2) is 4.87. The molecule has 0 aromatic carbocycles. The minimum atomic E-state index is -0.911. The van der Waals surface area contributed by atoms with E-state index in [-0.39, 0.29) is 17.5 Å². The van der Waals surface area contributed by atoms with E-state index in [9.17, 15) is 14.7 Å². The molecular formula is C11H15N3O4. The van der Waals surface area contributed by atoms with E-state index in [1.165, 1.54) is 16.9 Å². The Labute approximate surface area is 103 Å². The number of carbonyl (C=O) groups is 1. The lowest BCUT2D eigenvalue weighted by atomic mass is 9.99. The van der Waals surface area contributed by atoms with Crippen LogP contribution in [0.15, 0.2) is 17.1 Å². The lowest BCUT2D eigenvalue weighted by molar-refractivity contribution is -0.0910. The number of amides is 1. The Morgan fingerprint density at radius 1 is 1.72 bits per heavy atom. The van der Waals surface area contributed by atoms with E-state index in [0.717, 1.165) is 0 Å². The van der Waals surface area contributed by atoms with Gasteiger partial charge in [0.15, 0.2) is 6.29 Å². The molecule has 0 aliphatic carbocycles. The minimum Gasteiger partial charge on any atom is -0.368 e. The first-order valence-corrected chi connectivity index (χ1v) is 5.69. The van der Waals surface area contributed by atoms with Gasteiger partial charge in [-0.25, -0.2) is 4.68 Å². The third-order valence-electron chi connectivity index (χ3n) is 3.25. The molecule has 0 spiro atoms. The Kier molecular flexibility index (Phi) is 3.44. The highest BCUT2D eigenvalue weighted by Gasteiger charge is 2.33. The molecule has 0 saturated carbocycles. The lowest BCUT2D eigenvalue weighted by Gasteiger charge is -2.22. The molecule has 18 heavy (non-hydrogen) atoms. The van der Waals surface area contributed by atoms with Gasteiger partial charge < -0.3 is 15.6 Å². The number of carbonyl (C=O) groups excluding carboxylic acids is 1. The molecular weight excluding hydrogens is 238 g/mol. The number of ether oxygens (including phenoxy) is 1. The van der Waals surface area contributed by atoms with Gasteiger partial charge in [0, 0.05) is 12.1 Å². The Morgan fingerprint density at radius 3 is 3.00 bits per heavy atom. The zero-order chi connectivity index (χ0) is 13.3. The maximum atomic E-state index is 12.0. The van der Waals surface area contributed by atoms with Crippen LogP contribution in [-0.2, 0) is 4.74 Å². The van der Waals surface area contributed by atoms with E-state index >= 15 is 0 Å². The summed E-state index contributed by atoms with van der Waals surface area (Å²) in [6, 6.07) is 0.921. The van der Waals surface area contributed by atoms with E-state index in [0.29, 0.717) is 13.0 Å². The first-order valence-electron chi connectivity index (χ1n) is 5.69. The van der Waals surface area contributed by atoms with Gasteiger partial charge in [-0.1, -0.05) is 0 Å². The van der Waals surface area contributed by atoms with Crippen molar-refractivity contribution >= 4 is 5.91 Å². The van der Waals surface area contributed by atoms with Crippen molar-refractivity contribution in [2.45, 2.75) is 25.7 Å². The van der Waals surface area contributed by atoms with Crippen LogP contribution >= 0.6 is 0 Å². The molecule has 98 valence electrons. The van der Waals surface area contributed by atoms with Gasteiger partial charge in [-0.3, -0.25) is 9.59 Å². The van der Waals surface area contributed by atoms with Crippen LogP contribution in [0.1, 0.15) is 29.7 Å². The molecule has 1 aliphatic rings. The highest BCUT2D eigenvalue weighted by Crippen LogP contribution is 2.28. The number of hydrogen-bond donors (Lipinski definition) is 2. The number of nitrogens with two attached hydrogens (primary N) is 1. The van der Waals surface area contributed by atoms with Crippen molar-refractivity contribution < 1.29 is 14.6 Å². The standard InChI is InChI=1S/C11H15N3O4/c1-6(7-3-5-18-11(7)17)14-10(16)8(9(12)15)2-4-13-14/h2,4,6-7,11,17H,3,5H2,1H3,(H2,12,15). The van der Waals surface area contributed by atoms with Crippen LogP contribution in [0.4, 0.5) is 0 Å². The summed E-state index contributed by atoms with van der Waals surface area (Å²) in [6.07, 6.45) is 1.07. The van der Waals surface area contributed by atoms with Gasteiger partial charge in [0.05, 0.1) is 12.6 Å². The molecule has 1 saturated heterocycles. The number of hydrogen-bond acceptors (Lipinski definition) is 5. The van der Waals surface area contributed by atoms with E-state index < -0.39 is 17.8 Å². The summed E-state index contributed by atoms with van der Waals surface area (Å²) < 4.78 is 6.22. The van der Waals surface area contributed by atoms with Crippen molar-refractivity contribution in [3.8, 4) is 0 Å². The smallest absolute Gasteiger partial charge is 0.279 e. The molecule has 1 aliphatic heterocycles. The largest absolute Gasteiger partial charge is 0.368 e. The fourth-order valence-corrected chi connectivity index (χ4v) is 2.16. The predicted octanol–water partition coefficient (Wildman–Crippen LogP) is -0.742. The molecule has 1 fully saturated rings. The third kappa shape index (κ3) is 2.14. The number of aromatic nitrogens is 2. The van der Waals surface area contributed by atoms with Crippen LogP contribution in [0.3, 0.4) is 0 Å². The van der Waals surface area contributed by atoms with Crippen molar-refractivity contribution in [3.63, 3.8) is 0 Å². The van der Waals surface area contributed by atoms with Crippen molar-refractivity contribution in [1.29, 1.82) is 0 Å². The third-order valence-corrected chi connectivity index (χ3v) is 3.25. The Balaban J connectivity index is 2.36. The van der Waals surface area contributed by atoms with Crippen LogP contribution in [-0.4, -0.2) is 33.7 Å². The van der Waals surface area contributed by atoms with Crippen molar-refractivity contribution in [1.82, 2.24) is 9.78 Å². The van der Waals surface area contributed by atoms with Gasteiger partial charge in [0.25, 0.3) is 11.5 Å². The van der Waals surface area contributed by atoms with Gasteiger partial charge in [-0.2, -0.15) is 5.10 Å². The van der Waals surface area contributed by atoms with E-state index in [4.69, 9.17) is 10.5 Å². The van der Waals surface area contributed by atoms with Gasteiger partial charge in [-0.05, 0) is 19.4 Å². The molecule has 2 rings (SSSR count). The fourth-order valence-electron chi connectivity index (χ4n) is 2.16. The van der Waals surface area contributed by atoms with Crippen molar-refractivity contribution in [2.24, 2.45) is 11.7 Å². The van der Waals surface area contributed by atoms with Crippen LogP contribution in [0, 0.1) is 5.92 Å². The van der Waals surface area contributed by atoms with Crippen LogP contribution in [0.5, 0.6) is 0 Å². The summed E-state index contributed by atoms with van der Waals surface area (Å²) in [5.74, 6) is -1.01. The second-order valence-corrected chi connectivity index (χ2v) is 4.31. The first kappa shape index (κ1) is 12.7. The predicted molar refractivity (Wildman–Crippen MR) is 61.8 cm³/mol. The summed E-state index contributed by atoms with van der Waals surface area (Å²) in [4.78, 5) is 23.1. The highest BCUT2D eigenvalue weighted by atomic mass is 16.6. The van der Waals surface area contributed by atoms with Crippen LogP contribution < -0.4 is 11.3 Å². The Morgan fingerprint density at radius 2 is 2.44 bits per heavy atom. The molecule has 7 heteroatoms. The minimum absolute atomic E-state index is 0.106. The molecule has 1 aromatic heterocycles. The molecule has 3 N–H and O–H groups in total. The molecule has 3 unspecified atom stereocenters. The summed E-state index contributed by atoms with van der Waals surface area (Å²) in [7, 11) is 0. The second-order valence-electron chi connectivity index (χ2n) is 4.31. The molecule has 1 aromatic rings. The molecule has 3 atom stereocenters. The fraction of sp³-hybridized carbons (Fsp3) is 0.545. The number of rotatable bonds is 3. The molecule has 0 radical (unpaired) electrons. The molecule has 1 amide bonds. The van der Waals surface area contributed by atoms with Gasteiger partial charge in [0.2, 0.25) is 0 Å². The number of nitrogens with zero attached hydrogens (tertiary/aromatic N) is 2. The highest BCUT2D eigenvalue weighted by molar-refractivity contribution is 5.92. The topological polar surface area (TPSA) is 107 Å². The average Bonchev–Trinajstić information content (AvgIpc) is 2.74. The first-order chi connectivity index (χ1) is 8.52. The average molecular weight is 253 g/mol. The molecule has 2 heterocycles. The molecule has 7 nitrogen and oxygen atoms in total. The number of aliphatic hydroxyl groups is 1. The van der Waals surface area contributed by atoms with E-state index in [2.05, 4.69) is 5.10 Å². The van der Waals surface area contributed by atoms with Gasteiger partial charge >= 0.3 is 0 Å². The van der Waals surface area contributed by atoms with Crippen molar-refractivity contribution in [3.05, 3.63) is 28.2 Å². The summed E-state index contributed by atoms with van der Waals surface area (Å²) >= 11 is 0.